The molecule has 1 heteroatoms. The second-order valence-electron chi connectivity index (χ2n) is 3.76. The standard InChI is InChI=1S/C11H13B/c1-12(2)11-8-7-9-5-3-4-6-10(9)11/h3-8,11H,1-2H3. The Kier molecular flexibility index (Phi) is 1.80. The third-order valence-electron chi connectivity index (χ3n) is 2.56. The summed E-state index contributed by atoms with van der Waals surface area (Å²) in [6.07, 6.45) is 4.55. The minimum atomic E-state index is 0.640. The average Bonchev–Trinajstić information content (AvgIpc) is 2.47. The molecule has 1 aromatic rings. The molecule has 0 amide bonds. The van der Waals surface area contributed by atoms with E-state index in [9.17, 15) is 0 Å². The summed E-state index contributed by atoms with van der Waals surface area (Å²) in [6, 6.07) is 8.65. The van der Waals surface area contributed by atoms with Gasteiger partial charge in [-0.15, -0.1) is 0 Å². The Morgan fingerprint density at radius 3 is 2.67 bits per heavy atom. The Labute approximate surface area is 74.4 Å². The van der Waals surface area contributed by atoms with E-state index in [1.807, 2.05) is 0 Å². The van der Waals surface area contributed by atoms with E-state index in [0.717, 1.165) is 0 Å². The summed E-state index contributed by atoms with van der Waals surface area (Å²) >= 11 is 0. The number of benzene rings is 1. The summed E-state index contributed by atoms with van der Waals surface area (Å²) in [5.41, 5.74) is 2.89. The van der Waals surface area contributed by atoms with Crippen molar-refractivity contribution in [3.05, 3.63) is 41.5 Å². The van der Waals surface area contributed by atoms with E-state index < -0.39 is 0 Å². The zero-order chi connectivity index (χ0) is 8.55. The fraction of sp³-hybridized carbons (Fsp3) is 0.273. The van der Waals surface area contributed by atoms with Crippen LogP contribution in [0.15, 0.2) is 30.3 Å². The Balaban J connectivity index is 2.42. The molecule has 1 aliphatic carbocycles. The molecule has 0 N–H and O–H groups in total. The van der Waals surface area contributed by atoms with Gasteiger partial charge in [0.2, 0.25) is 0 Å². The van der Waals surface area contributed by atoms with Crippen LogP contribution >= 0.6 is 0 Å². The molecular formula is C11H13B. The molecule has 0 saturated heterocycles. The van der Waals surface area contributed by atoms with Gasteiger partial charge in [-0.3, -0.25) is 0 Å². The van der Waals surface area contributed by atoms with Crippen LogP contribution in [0.2, 0.25) is 13.6 Å². The normalized spacial score (nSPS) is 19.3. The van der Waals surface area contributed by atoms with Crippen LogP contribution in [-0.4, -0.2) is 6.71 Å². The van der Waals surface area contributed by atoms with Crippen molar-refractivity contribution in [2.75, 3.05) is 0 Å². The first kappa shape index (κ1) is 7.66. The van der Waals surface area contributed by atoms with Gasteiger partial charge in [0.1, 0.15) is 6.71 Å². The van der Waals surface area contributed by atoms with Gasteiger partial charge in [-0.25, -0.2) is 0 Å². The lowest BCUT2D eigenvalue weighted by atomic mass is 9.44. The molecule has 0 aromatic heterocycles. The molecule has 0 aliphatic heterocycles. The molecule has 0 radical (unpaired) electrons. The van der Waals surface area contributed by atoms with Crippen molar-refractivity contribution in [3.63, 3.8) is 0 Å². The van der Waals surface area contributed by atoms with Crippen LogP contribution in [0.1, 0.15) is 16.9 Å². The monoisotopic (exact) mass is 156 g/mol. The summed E-state index contributed by atoms with van der Waals surface area (Å²) in [5, 5.41) is 0. The SMILES string of the molecule is CB(C)C1C=Cc2ccccc21. The molecule has 2 rings (SSSR count). The highest BCUT2D eigenvalue weighted by atomic mass is 14.1. The summed E-state index contributed by atoms with van der Waals surface area (Å²) < 4.78 is 0. The van der Waals surface area contributed by atoms with Crippen LogP contribution in [0.25, 0.3) is 6.08 Å². The van der Waals surface area contributed by atoms with E-state index >= 15 is 0 Å². The molecule has 0 nitrogen and oxygen atoms in total. The van der Waals surface area contributed by atoms with Gasteiger partial charge in [0.05, 0.1) is 0 Å². The maximum absolute atomic E-state index is 2.31. The summed E-state index contributed by atoms with van der Waals surface area (Å²) in [7, 11) is 0. The predicted molar refractivity (Wildman–Crippen MR) is 55.7 cm³/mol. The van der Waals surface area contributed by atoms with Crippen LogP contribution in [-0.2, 0) is 0 Å². The summed E-state index contributed by atoms with van der Waals surface area (Å²) in [6.45, 7) is 5.26. The molecule has 0 bridgehead atoms. The number of hydrogen-bond donors (Lipinski definition) is 0. The first-order chi connectivity index (χ1) is 5.79. The Morgan fingerprint density at radius 2 is 1.92 bits per heavy atom. The third-order valence-corrected chi connectivity index (χ3v) is 2.56. The fourth-order valence-electron chi connectivity index (χ4n) is 1.86. The molecule has 0 fully saturated rings. The summed E-state index contributed by atoms with van der Waals surface area (Å²) in [5.74, 6) is 0.640. The highest BCUT2D eigenvalue weighted by Crippen LogP contribution is 2.31. The topological polar surface area (TPSA) is 0 Å². The lowest BCUT2D eigenvalue weighted by Gasteiger charge is -2.11. The molecule has 0 saturated carbocycles. The van der Waals surface area contributed by atoms with E-state index in [1.165, 1.54) is 11.1 Å². The lowest BCUT2D eigenvalue weighted by molar-refractivity contribution is 1.20. The molecule has 60 valence electrons. The van der Waals surface area contributed by atoms with Gasteiger partial charge < -0.3 is 0 Å². The molecular weight excluding hydrogens is 143 g/mol. The van der Waals surface area contributed by atoms with Gasteiger partial charge in [0.15, 0.2) is 0 Å². The second kappa shape index (κ2) is 2.82. The first-order valence-corrected chi connectivity index (χ1v) is 4.56. The number of hydrogen-bond acceptors (Lipinski definition) is 0. The van der Waals surface area contributed by atoms with Crippen molar-refractivity contribution in [1.29, 1.82) is 0 Å². The quantitative estimate of drug-likeness (QED) is 0.548. The predicted octanol–water partition coefficient (Wildman–Crippen LogP) is 3.09. The van der Waals surface area contributed by atoms with Crippen LogP contribution in [0.4, 0.5) is 0 Å². The highest BCUT2D eigenvalue weighted by molar-refractivity contribution is 6.58. The van der Waals surface area contributed by atoms with Gasteiger partial charge in [0, 0.05) is 0 Å². The van der Waals surface area contributed by atoms with Gasteiger partial charge in [-0.05, 0) is 16.9 Å². The highest BCUT2D eigenvalue weighted by Gasteiger charge is 2.20. The molecule has 0 spiro atoms. The zero-order valence-corrected chi connectivity index (χ0v) is 7.62. The van der Waals surface area contributed by atoms with E-state index in [2.05, 4.69) is 50.1 Å². The maximum Gasteiger partial charge on any atom is 0.146 e. The van der Waals surface area contributed by atoms with E-state index in [4.69, 9.17) is 0 Å². The Bertz CT molecular complexity index is 313. The fourth-order valence-corrected chi connectivity index (χ4v) is 1.86. The van der Waals surface area contributed by atoms with E-state index in [1.54, 1.807) is 0 Å². The van der Waals surface area contributed by atoms with E-state index in [-0.39, 0.29) is 0 Å². The minimum absolute atomic E-state index is 0.640. The molecule has 1 aliphatic rings. The second-order valence-corrected chi connectivity index (χ2v) is 3.76. The Hall–Kier alpha value is -0.975. The molecule has 1 aromatic carbocycles. The molecule has 12 heavy (non-hydrogen) atoms. The van der Waals surface area contributed by atoms with Gasteiger partial charge in [-0.2, -0.15) is 0 Å². The van der Waals surface area contributed by atoms with Crippen molar-refractivity contribution in [1.82, 2.24) is 0 Å². The van der Waals surface area contributed by atoms with Crippen molar-refractivity contribution in [2.24, 2.45) is 0 Å². The largest absolute Gasteiger partial charge is 0.146 e. The van der Waals surface area contributed by atoms with Crippen LogP contribution < -0.4 is 0 Å². The van der Waals surface area contributed by atoms with Gasteiger partial charge in [-0.1, -0.05) is 50.1 Å². The lowest BCUT2D eigenvalue weighted by Crippen LogP contribution is -2.11. The van der Waals surface area contributed by atoms with Crippen molar-refractivity contribution in [2.45, 2.75) is 19.5 Å². The zero-order valence-electron chi connectivity index (χ0n) is 7.62. The number of allylic oxidation sites excluding steroid dienone is 1. The average molecular weight is 156 g/mol. The smallest absolute Gasteiger partial charge is 0.0855 e. The summed E-state index contributed by atoms with van der Waals surface area (Å²) in [4.78, 5) is 0. The van der Waals surface area contributed by atoms with Crippen LogP contribution in [0.3, 0.4) is 0 Å². The number of fused-ring (bicyclic) bond motifs is 1. The van der Waals surface area contributed by atoms with Gasteiger partial charge in [0.25, 0.3) is 0 Å². The van der Waals surface area contributed by atoms with E-state index in [0.29, 0.717) is 12.5 Å². The molecule has 0 heterocycles. The Morgan fingerprint density at radius 1 is 1.17 bits per heavy atom. The van der Waals surface area contributed by atoms with Crippen LogP contribution in [0, 0.1) is 0 Å². The van der Waals surface area contributed by atoms with Crippen molar-refractivity contribution < 1.29 is 0 Å². The van der Waals surface area contributed by atoms with Crippen molar-refractivity contribution in [3.8, 4) is 0 Å². The third kappa shape index (κ3) is 1.10. The number of rotatable bonds is 1. The first-order valence-electron chi connectivity index (χ1n) is 4.56. The van der Waals surface area contributed by atoms with Crippen molar-refractivity contribution >= 4 is 12.8 Å². The molecule has 1 atom stereocenters. The van der Waals surface area contributed by atoms with Gasteiger partial charge >= 0.3 is 0 Å². The minimum Gasteiger partial charge on any atom is -0.0855 e. The maximum atomic E-state index is 2.31. The molecule has 1 unspecified atom stereocenters. The van der Waals surface area contributed by atoms with Crippen LogP contribution in [0.5, 0.6) is 0 Å².